The number of alkyl halides is 3. The third-order valence-electron chi connectivity index (χ3n) is 4.45. The van der Waals surface area contributed by atoms with Gasteiger partial charge < -0.3 is 5.32 Å². The van der Waals surface area contributed by atoms with E-state index >= 15 is 0 Å². The van der Waals surface area contributed by atoms with Crippen LogP contribution in [-0.4, -0.2) is 38.2 Å². The number of amides is 1. The van der Waals surface area contributed by atoms with Gasteiger partial charge in [0.1, 0.15) is 5.69 Å². The number of sulfonamides is 1. The number of halogens is 3. The van der Waals surface area contributed by atoms with Crippen molar-refractivity contribution < 1.29 is 26.4 Å². The minimum absolute atomic E-state index is 0.0306. The number of fused-ring (bicyclic) bond motifs is 1. The van der Waals surface area contributed by atoms with Gasteiger partial charge in [-0.1, -0.05) is 18.2 Å². The Morgan fingerprint density at radius 1 is 1.21 bits per heavy atom. The maximum absolute atomic E-state index is 12.7. The first-order chi connectivity index (χ1) is 13.1. The zero-order valence-electron chi connectivity index (χ0n) is 15.0. The van der Waals surface area contributed by atoms with Crippen LogP contribution in [0.15, 0.2) is 36.4 Å². The van der Waals surface area contributed by atoms with Crippen LogP contribution < -0.4 is 9.62 Å². The summed E-state index contributed by atoms with van der Waals surface area (Å²) in [5.74, 6) is -0.990. The van der Waals surface area contributed by atoms with Crippen molar-refractivity contribution in [1.82, 2.24) is 10.3 Å². The number of rotatable bonds is 5. The number of pyridine rings is 1. The number of hydrogen-bond acceptors (Lipinski definition) is 4. The van der Waals surface area contributed by atoms with Gasteiger partial charge in [0.15, 0.2) is 0 Å². The zero-order chi connectivity index (χ0) is 20.5. The van der Waals surface area contributed by atoms with Gasteiger partial charge in [0.25, 0.3) is 5.91 Å². The average Bonchev–Trinajstić information content (AvgIpc) is 3.05. The van der Waals surface area contributed by atoms with Gasteiger partial charge in [0, 0.05) is 13.1 Å². The van der Waals surface area contributed by atoms with Gasteiger partial charge in [-0.25, -0.2) is 13.4 Å². The van der Waals surface area contributed by atoms with Crippen molar-refractivity contribution >= 4 is 21.6 Å². The number of anilines is 1. The van der Waals surface area contributed by atoms with E-state index in [0.29, 0.717) is 18.7 Å². The van der Waals surface area contributed by atoms with E-state index in [2.05, 4.69) is 10.3 Å². The summed E-state index contributed by atoms with van der Waals surface area (Å²) in [7, 11) is -3.63. The molecule has 0 saturated heterocycles. The molecule has 0 fully saturated rings. The van der Waals surface area contributed by atoms with Crippen LogP contribution in [0.5, 0.6) is 0 Å². The Morgan fingerprint density at radius 2 is 1.93 bits per heavy atom. The lowest BCUT2D eigenvalue weighted by Gasteiger charge is -2.19. The number of benzene rings is 1. The summed E-state index contributed by atoms with van der Waals surface area (Å²) in [6, 6.07) is 8.96. The van der Waals surface area contributed by atoms with Crippen LogP contribution in [0.1, 0.15) is 27.3 Å². The summed E-state index contributed by atoms with van der Waals surface area (Å²) >= 11 is 0. The smallest absolute Gasteiger partial charge is 0.351 e. The molecule has 0 aliphatic carbocycles. The Kier molecular flexibility index (Phi) is 5.33. The second kappa shape index (κ2) is 7.42. The molecule has 28 heavy (non-hydrogen) atoms. The number of carbonyl (C=O) groups is 1. The first-order valence-electron chi connectivity index (χ1n) is 8.51. The van der Waals surface area contributed by atoms with Gasteiger partial charge in [-0.3, -0.25) is 9.10 Å². The van der Waals surface area contributed by atoms with Crippen molar-refractivity contribution in [2.45, 2.75) is 19.5 Å². The topological polar surface area (TPSA) is 79.4 Å². The van der Waals surface area contributed by atoms with Crippen molar-refractivity contribution in [3.8, 4) is 0 Å². The van der Waals surface area contributed by atoms with Crippen molar-refractivity contribution in [2.24, 2.45) is 0 Å². The van der Waals surface area contributed by atoms with E-state index in [4.69, 9.17) is 0 Å². The Morgan fingerprint density at radius 3 is 2.61 bits per heavy atom. The van der Waals surface area contributed by atoms with Crippen LogP contribution in [0.25, 0.3) is 0 Å². The minimum atomic E-state index is -4.60. The summed E-state index contributed by atoms with van der Waals surface area (Å²) in [5.41, 5.74) is 0.385. The molecule has 1 aromatic heterocycles. The maximum Gasteiger partial charge on any atom is 0.433 e. The number of nitrogens with zero attached hydrogens (tertiary/aromatic N) is 2. The molecule has 0 spiro atoms. The van der Waals surface area contributed by atoms with Crippen LogP contribution in [0, 0.1) is 6.92 Å². The molecule has 6 nitrogen and oxygen atoms in total. The average molecular weight is 413 g/mol. The standard InChI is InChI=1S/C18H18F3N3O3S/c1-12-14(6-7-16(23-12)18(19,20)21)17(25)22-9-11-28(26,27)24-10-8-13-4-2-3-5-15(13)24/h2-7H,8-11H2,1H3,(H,22,25). The van der Waals surface area contributed by atoms with Crippen LogP contribution in [0.3, 0.4) is 0 Å². The third-order valence-corrected chi connectivity index (χ3v) is 6.22. The van der Waals surface area contributed by atoms with Gasteiger partial charge in [-0.05, 0) is 37.1 Å². The van der Waals surface area contributed by atoms with Crippen molar-refractivity contribution in [1.29, 1.82) is 0 Å². The Hall–Kier alpha value is -2.62. The maximum atomic E-state index is 12.7. The molecule has 1 aliphatic heterocycles. The van der Waals surface area contributed by atoms with Gasteiger partial charge in [-0.2, -0.15) is 13.2 Å². The summed E-state index contributed by atoms with van der Waals surface area (Å²) in [6.45, 7) is 1.47. The van der Waals surface area contributed by atoms with Crippen LogP contribution in [-0.2, 0) is 22.6 Å². The van der Waals surface area contributed by atoms with E-state index in [9.17, 15) is 26.4 Å². The highest BCUT2D eigenvalue weighted by Gasteiger charge is 2.33. The van der Waals surface area contributed by atoms with E-state index in [0.717, 1.165) is 17.7 Å². The molecule has 0 bridgehead atoms. The molecule has 1 aliphatic rings. The largest absolute Gasteiger partial charge is 0.433 e. The summed E-state index contributed by atoms with van der Waals surface area (Å²) in [5, 5.41) is 2.44. The van der Waals surface area contributed by atoms with E-state index < -0.39 is 27.8 Å². The first-order valence-corrected chi connectivity index (χ1v) is 10.1. The third kappa shape index (κ3) is 4.11. The van der Waals surface area contributed by atoms with Crippen LogP contribution in [0.4, 0.5) is 18.9 Å². The molecule has 2 aromatic rings. The van der Waals surface area contributed by atoms with E-state index in [1.165, 1.54) is 11.2 Å². The molecular formula is C18H18F3N3O3S. The van der Waals surface area contributed by atoms with Crippen molar-refractivity contribution in [2.75, 3.05) is 23.1 Å². The van der Waals surface area contributed by atoms with Gasteiger partial charge in [0.2, 0.25) is 10.0 Å². The number of aryl methyl sites for hydroxylation is 1. The molecule has 3 rings (SSSR count). The molecule has 0 radical (unpaired) electrons. The number of carbonyl (C=O) groups excluding carboxylic acids is 1. The fraction of sp³-hybridized carbons (Fsp3) is 0.333. The lowest BCUT2D eigenvalue weighted by atomic mass is 10.1. The summed E-state index contributed by atoms with van der Waals surface area (Å²) in [4.78, 5) is 15.6. The molecule has 1 N–H and O–H groups in total. The highest BCUT2D eigenvalue weighted by atomic mass is 32.2. The summed E-state index contributed by atoms with van der Waals surface area (Å²) in [6.07, 6.45) is -3.97. The Balaban J connectivity index is 1.63. The lowest BCUT2D eigenvalue weighted by Crippen LogP contribution is -2.37. The van der Waals surface area contributed by atoms with Crippen LogP contribution >= 0.6 is 0 Å². The zero-order valence-corrected chi connectivity index (χ0v) is 15.8. The predicted molar refractivity (Wildman–Crippen MR) is 97.6 cm³/mol. The van der Waals surface area contributed by atoms with Crippen LogP contribution in [0.2, 0.25) is 0 Å². The number of nitrogens with one attached hydrogen (secondary N) is 1. The van der Waals surface area contributed by atoms with E-state index in [-0.39, 0.29) is 23.6 Å². The molecular weight excluding hydrogens is 395 g/mol. The van der Waals surface area contributed by atoms with Crippen molar-refractivity contribution in [3.63, 3.8) is 0 Å². The highest BCUT2D eigenvalue weighted by Crippen LogP contribution is 2.30. The number of para-hydroxylation sites is 1. The Labute approximate surface area is 160 Å². The van der Waals surface area contributed by atoms with E-state index in [1.54, 1.807) is 12.1 Å². The number of hydrogen-bond donors (Lipinski definition) is 1. The molecule has 0 saturated carbocycles. The fourth-order valence-corrected chi connectivity index (χ4v) is 4.48. The monoisotopic (exact) mass is 413 g/mol. The molecule has 10 heteroatoms. The van der Waals surface area contributed by atoms with Gasteiger partial charge in [-0.15, -0.1) is 0 Å². The molecule has 0 unspecified atom stereocenters. The van der Waals surface area contributed by atoms with Gasteiger partial charge >= 0.3 is 6.18 Å². The van der Waals surface area contributed by atoms with E-state index in [1.807, 2.05) is 12.1 Å². The second-order valence-corrected chi connectivity index (χ2v) is 8.36. The molecule has 0 atom stereocenters. The predicted octanol–water partition coefficient (Wildman–Crippen LogP) is 2.53. The number of aromatic nitrogens is 1. The van der Waals surface area contributed by atoms with Crippen molar-refractivity contribution in [3.05, 3.63) is 58.9 Å². The molecule has 1 amide bonds. The fourth-order valence-electron chi connectivity index (χ4n) is 3.05. The Bertz CT molecular complexity index is 1010. The second-order valence-electron chi connectivity index (χ2n) is 6.35. The summed E-state index contributed by atoms with van der Waals surface area (Å²) < 4.78 is 64.4. The molecule has 2 heterocycles. The highest BCUT2D eigenvalue weighted by molar-refractivity contribution is 7.92. The minimum Gasteiger partial charge on any atom is -0.351 e. The lowest BCUT2D eigenvalue weighted by molar-refractivity contribution is -0.141. The molecule has 1 aromatic carbocycles. The first kappa shape index (κ1) is 20.1. The SMILES string of the molecule is Cc1nc(C(F)(F)F)ccc1C(=O)NCCS(=O)(=O)N1CCc2ccccc21. The normalized spacial score (nSPS) is 14.1. The van der Waals surface area contributed by atoms with Gasteiger partial charge in [0.05, 0.1) is 22.7 Å². The molecule has 150 valence electrons. The quantitative estimate of drug-likeness (QED) is 0.817.